The van der Waals surface area contributed by atoms with E-state index in [-0.39, 0.29) is 0 Å². The summed E-state index contributed by atoms with van der Waals surface area (Å²) in [6.45, 7) is 1.88. The van der Waals surface area contributed by atoms with Crippen LogP contribution in [0, 0.1) is 0 Å². The van der Waals surface area contributed by atoms with E-state index >= 15 is 0 Å². The van der Waals surface area contributed by atoms with Gasteiger partial charge in [-0.1, -0.05) is 30.3 Å². The van der Waals surface area contributed by atoms with E-state index in [2.05, 4.69) is 10.3 Å². The zero-order valence-electron chi connectivity index (χ0n) is 17.1. The second kappa shape index (κ2) is 8.44. The summed E-state index contributed by atoms with van der Waals surface area (Å²) in [5.74, 6) is 3.42. The highest BCUT2D eigenvalue weighted by molar-refractivity contribution is 5.88. The normalized spacial score (nSPS) is 12.4. The largest absolute Gasteiger partial charge is 0.493 e. The first-order chi connectivity index (χ1) is 15.3. The molecular weight excluding hydrogens is 392 g/mol. The summed E-state index contributed by atoms with van der Waals surface area (Å²) in [6, 6.07) is 21.4. The fourth-order valence-electron chi connectivity index (χ4n) is 3.53. The van der Waals surface area contributed by atoms with Gasteiger partial charge in [0.05, 0.1) is 18.3 Å². The number of anilines is 1. The van der Waals surface area contributed by atoms with Crippen molar-refractivity contribution in [1.29, 1.82) is 0 Å². The molecule has 4 aromatic rings. The zero-order chi connectivity index (χ0) is 21.0. The van der Waals surface area contributed by atoms with Crippen LogP contribution in [0.1, 0.15) is 5.56 Å². The van der Waals surface area contributed by atoms with E-state index in [4.69, 9.17) is 18.9 Å². The van der Waals surface area contributed by atoms with E-state index in [1.807, 2.05) is 66.7 Å². The average Bonchev–Trinajstić information content (AvgIpc) is 2.83. The van der Waals surface area contributed by atoms with Crippen molar-refractivity contribution in [2.75, 3.05) is 25.6 Å². The third-order valence-electron chi connectivity index (χ3n) is 5.08. The standard InChI is InChI=1S/C25H22N2O4/c1-28-24-15-21-19(14-25(24)30-16-17-5-3-2-4-6-17)22(9-10-26-21)31-18-7-8-20-23(13-18)29-12-11-27-20/h2-10,13-15,27H,11-12,16H2,1H3. The summed E-state index contributed by atoms with van der Waals surface area (Å²) >= 11 is 0. The molecule has 3 aromatic carbocycles. The molecule has 0 amide bonds. The molecule has 5 rings (SSSR count). The minimum absolute atomic E-state index is 0.439. The summed E-state index contributed by atoms with van der Waals surface area (Å²) in [6.07, 6.45) is 1.72. The van der Waals surface area contributed by atoms with Gasteiger partial charge in [-0.2, -0.15) is 0 Å². The van der Waals surface area contributed by atoms with Crippen LogP contribution in [0.3, 0.4) is 0 Å². The van der Waals surface area contributed by atoms with Gasteiger partial charge in [0.25, 0.3) is 0 Å². The van der Waals surface area contributed by atoms with Gasteiger partial charge in [0, 0.05) is 30.3 Å². The Morgan fingerprint density at radius 1 is 0.968 bits per heavy atom. The smallest absolute Gasteiger partial charge is 0.162 e. The van der Waals surface area contributed by atoms with Crippen molar-refractivity contribution in [1.82, 2.24) is 4.98 Å². The number of benzene rings is 3. The lowest BCUT2D eigenvalue weighted by Crippen LogP contribution is -2.17. The molecule has 0 aliphatic carbocycles. The quantitative estimate of drug-likeness (QED) is 0.455. The van der Waals surface area contributed by atoms with Crippen molar-refractivity contribution in [2.24, 2.45) is 0 Å². The molecule has 0 spiro atoms. The number of pyridine rings is 1. The number of ether oxygens (including phenoxy) is 4. The third-order valence-corrected chi connectivity index (χ3v) is 5.08. The number of aromatic nitrogens is 1. The van der Waals surface area contributed by atoms with Crippen molar-refractivity contribution in [3.63, 3.8) is 0 Å². The third kappa shape index (κ3) is 4.05. The number of rotatable bonds is 6. The van der Waals surface area contributed by atoms with Crippen LogP contribution in [0.5, 0.6) is 28.7 Å². The van der Waals surface area contributed by atoms with Gasteiger partial charge in [-0.25, -0.2) is 0 Å². The maximum absolute atomic E-state index is 6.20. The Balaban J connectivity index is 1.47. The first kappa shape index (κ1) is 19.1. The monoisotopic (exact) mass is 414 g/mol. The number of nitrogens with one attached hydrogen (secondary N) is 1. The second-order valence-corrected chi connectivity index (χ2v) is 7.14. The predicted molar refractivity (Wildman–Crippen MR) is 120 cm³/mol. The Hall–Kier alpha value is -3.93. The van der Waals surface area contributed by atoms with Crippen LogP contribution in [-0.2, 0) is 6.61 Å². The fourth-order valence-corrected chi connectivity index (χ4v) is 3.53. The van der Waals surface area contributed by atoms with Gasteiger partial charge < -0.3 is 24.3 Å². The molecule has 1 aliphatic heterocycles. The first-order valence-corrected chi connectivity index (χ1v) is 10.1. The van der Waals surface area contributed by atoms with E-state index in [9.17, 15) is 0 Å². The van der Waals surface area contributed by atoms with Gasteiger partial charge >= 0.3 is 0 Å². The molecule has 0 unspecified atom stereocenters. The Morgan fingerprint density at radius 3 is 2.74 bits per heavy atom. The van der Waals surface area contributed by atoms with Gasteiger partial charge in [-0.3, -0.25) is 4.98 Å². The first-order valence-electron chi connectivity index (χ1n) is 10.1. The van der Waals surface area contributed by atoms with Crippen LogP contribution in [-0.4, -0.2) is 25.2 Å². The summed E-state index contributed by atoms with van der Waals surface area (Å²) in [5.41, 5.74) is 2.81. The molecule has 6 heteroatoms. The molecule has 156 valence electrons. The van der Waals surface area contributed by atoms with Crippen LogP contribution >= 0.6 is 0 Å². The number of hydrogen-bond donors (Lipinski definition) is 1. The molecule has 1 N–H and O–H groups in total. The molecule has 6 nitrogen and oxygen atoms in total. The van der Waals surface area contributed by atoms with Crippen LogP contribution in [0.25, 0.3) is 10.9 Å². The van der Waals surface area contributed by atoms with E-state index in [1.165, 1.54) is 0 Å². The van der Waals surface area contributed by atoms with Crippen LogP contribution in [0.15, 0.2) is 72.9 Å². The Kier molecular flexibility index (Phi) is 5.19. The van der Waals surface area contributed by atoms with E-state index < -0.39 is 0 Å². The van der Waals surface area contributed by atoms with E-state index in [1.54, 1.807) is 13.3 Å². The van der Waals surface area contributed by atoms with Crippen LogP contribution in [0.4, 0.5) is 5.69 Å². The molecular formula is C25H22N2O4. The van der Waals surface area contributed by atoms with E-state index in [0.29, 0.717) is 36.2 Å². The second-order valence-electron chi connectivity index (χ2n) is 7.14. The molecule has 1 aliphatic rings. The lowest BCUT2D eigenvalue weighted by molar-refractivity contribution is 0.285. The van der Waals surface area contributed by atoms with Crippen molar-refractivity contribution >= 4 is 16.6 Å². The molecule has 0 saturated heterocycles. The van der Waals surface area contributed by atoms with Crippen molar-refractivity contribution in [3.05, 3.63) is 78.5 Å². The molecule has 0 radical (unpaired) electrons. The average molecular weight is 414 g/mol. The van der Waals surface area contributed by atoms with Crippen LogP contribution < -0.4 is 24.3 Å². The predicted octanol–water partition coefficient (Wildman–Crippen LogP) is 5.42. The van der Waals surface area contributed by atoms with Gasteiger partial charge in [-0.15, -0.1) is 0 Å². The molecule has 0 atom stereocenters. The minimum Gasteiger partial charge on any atom is -0.493 e. The number of hydrogen-bond acceptors (Lipinski definition) is 6. The van der Waals surface area contributed by atoms with Crippen molar-refractivity contribution in [3.8, 4) is 28.7 Å². The Labute approximate surface area is 180 Å². The minimum atomic E-state index is 0.439. The van der Waals surface area contributed by atoms with E-state index in [0.717, 1.165) is 34.4 Å². The van der Waals surface area contributed by atoms with Gasteiger partial charge in [0.15, 0.2) is 11.5 Å². The lowest BCUT2D eigenvalue weighted by Gasteiger charge is -2.20. The summed E-state index contributed by atoms with van der Waals surface area (Å²) in [4.78, 5) is 4.47. The van der Waals surface area contributed by atoms with Gasteiger partial charge in [0.1, 0.15) is 30.5 Å². The Morgan fingerprint density at radius 2 is 1.87 bits per heavy atom. The molecule has 1 aromatic heterocycles. The summed E-state index contributed by atoms with van der Waals surface area (Å²) in [7, 11) is 1.62. The van der Waals surface area contributed by atoms with Gasteiger partial charge in [-0.05, 0) is 29.8 Å². The molecule has 31 heavy (non-hydrogen) atoms. The maximum atomic E-state index is 6.20. The summed E-state index contributed by atoms with van der Waals surface area (Å²) in [5, 5.41) is 4.15. The van der Waals surface area contributed by atoms with Crippen molar-refractivity contribution in [2.45, 2.75) is 6.61 Å². The van der Waals surface area contributed by atoms with Crippen LogP contribution in [0.2, 0.25) is 0 Å². The number of nitrogens with zero attached hydrogens (tertiary/aromatic N) is 1. The molecule has 0 saturated carbocycles. The van der Waals surface area contributed by atoms with Gasteiger partial charge in [0.2, 0.25) is 0 Å². The van der Waals surface area contributed by atoms with Crippen molar-refractivity contribution < 1.29 is 18.9 Å². The fraction of sp³-hybridized carbons (Fsp3) is 0.160. The molecule has 0 fully saturated rings. The Bertz CT molecular complexity index is 1210. The number of fused-ring (bicyclic) bond motifs is 2. The highest BCUT2D eigenvalue weighted by Gasteiger charge is 2.14. The number of methoxy groups -OCH3 is 1. The lowest BCUT2D eigenvalue weighted by atomic mass is 10.1. The topological polar surface area (TPSA) is 61.8 Å². The SMILES string of the molecule is COc1cc2nccc(Oc3ccc4c(c3)OCCN4)c2cc1OCc1ccccc1. The maximum Gasteiger partial charge on any atom is 0.162 e. The zero-order valence-corrected chi connectivity index (χ0v) is 17.1. The molecule has 0 bridgehead atoms. The molecule has 2 heterocycles. The highest BCUT2D eigenvalue weighted by atomic mass is 16.5. The highest BCUT2D eigenvalue weighted by Crippen LogP contribution is 2.39. The summed E-state index contributed by atoms with van der Waals surface area (Å²) < 4.78 is 23.5.